The number of amides is 3. The van der Waals surface area contributed by atoms with Gasteiger partial charge in [-0.2, -0.15) is 0 Å². The van der Waals surface area contributed by atoms with Crippen LogP contribution in [0.4, 0.5) is 5.69 Å². The summed E-state index contributed by atoms with van der Waals surface area (Å²) >= 11 is 1.52. The molecule has 0 spiro atoms. The monoisotopic (exact) mass is 641 g/mol. The van der Waals surface area contributed by atoms with Crippen LogP contribution in [-0.4, -0.2) is 53.0 Å². The fourth-order valence-electron chi connectivity index (χ4n) is 5.17. The molecule has 2 aromatic carbocycles. The van der Waals surface area contributed by atoms with Gasteiger partial charge in [0.05, 0.1) is 17.9 Å². The number of carboxylic acids is 1. The molecule has 3 heterocycles. The summed E-state index contributed by atoms with van der Waals surface area (Å²) in [4.78, 5) is 57.6. The molecule has 3 amide bonds. The quantitative estimate of drug-likeness (QED) is 0.159. The summed E-state index contributed by atoms with van der Waals surface area (Å²) in [5.74, 6) is -2.35. The largest absolute Gasteiger partial charge is 0.493 e. The normalized spacial score (nSPS) is 11.9. The molecular formula is C34H35N5O6S. The minimum absolute atomic E-state index is 0.0596. The zero-order valence-electron chi connectivity index (χ0n) is 25.7. The Hall–Kier alpha value is -5.07. The van der Waals surface area contributed by atoms with E-state index in [9.17, 15) is 24.3 Å². The number of benzene rings is 2. The van der Waals surface area contributed by atoms with Gasteiger partial charge < -0.3 is 31.5 Å². The van der Waals surface area contributed by atoms with Crippen molar-refractivity contribution in [3.8, 4) is 27.3 Å². The van der Waals surface area contributed by atoms with Gasteiger partial charge in [-0.15, -0.1) is 11.3 Å². The lowest BCUT2D eigenvalue weighted by Crippen LogP contribution is -2.31. The van der Waals surface area contributed by atoms with E-state index < -0.39 is 23.5 Å². The molecular weight excluding hydrogens is 606 g/mol. The molecule has 12 heteroatoms. The summed E-state index contributed by atoms with van der Waals surface area (Å²) in [6.07, 6.45) is 1.36. The number of aromatic carboxylic acids is 1. The van der Waals surface area contributed by atoms with E-state index in [4.69, 9.17) is 10.5 Å². The number of anilines is 1. The molecule has 6 N–H and O–H groups in total. The third-order valence-electron chi connectivity index (χ3n) is 7.37. The van der Waals surface area contributed by atoms with Gasteiger partial charge >= 0.3 is 5.97 Å². The molecule has 0 fully saturated rings. The Morgan fingerprint density at radius 3 is 2.50 bits per heavy atom. The van der Waals surface area contributed by atoms with E-state index in [0.717, 1.165) is 10.4 Å². The summed E-state index contributed by atoms with van der Waals surface area (Å²) in [5, 5.41) is 20.6. The molecule has 238 valence electrons. The van der Waals surface area contributed by atoms with E-state index in [1.54, 1.807) is 30.3 Å². The fourth-order valence-corrected chi connectivity index (χ4v) is 6.14. The minimum atomic E-state index is -1.37. The van der Waals surface area contributed by atoms with Crippen molar-refractivity contribution in [2.45, 2.75) is 46.2 Å². The first-order valence-corrected chi connectivity index (χ1v) is 15.8. The summed E-state index contributed by atoms with van der Waals surface area (Å²) in [5.41, 5.74) is 8.85. The molecule has 0 atom stereocenters. The zero-order valence-corrected chi connectivity index (χ0v) is 26.5. The third kappa shape index (κ3) is 6.77. The molecule has 0 unspecified atom stereocenters. The molecule has 11 nitrogen and oxygen atoms in total. The molecule has 1 aliphatic heterocycles. The lowest BCUT2D eigenvalue weighted by atomic mass is 9.93. The van der Waals surface area contributed by atoms with Gasteiger partial charge in [0.25, 0.3) is 17.7 Å². The zero-order chi connectivity index (χ0) is 33.0. The van der Waals surface area contributed by atoms with E-state index >= 15 is 0 Å². The van der Waals surface area contributed by atoms with Crippen LogP contribution in [0.5, 0.6) is 5.75 Å². The number of rotatable bonds is 10. The first kappa shape index (κ1) is 32.3. The predicted octanol–water partition coefficient (Wildman–Crippen LogP) is 5.10. The number of fused-ring (bicyclic) bond motifs is 3. The lowest BCUT2D eigenvalue weighted by Gasteiger charge is -2.18. The number of carbonyl (C=O) groups excluding carboxylic acids is 3. The van der Waals surface area contributed by atoms with E-state index in [2.05, 4.69) is 20.9 Å². The number of nitrogens with two attached hydrogens (primary N) is 1. The standard InChI is InChI=1S/C34H35N5O6S/c1-4-11-36-33(42)27-8-6-21(29(38-27)34(43)44)22-16-28-25(30-20(9-12-45-28)10-13-46-30)15-23(22)31(40)39-26-7-5-19(17-35)14-24(26)32(41)37-18(2)3/h5-8,10,13-16,18H,4,9,11-12,17,35H2,1-3H3,(H,36,42)(H,37,41)(H,39,40)(H,43,44). The van der Waals surface area contributed by atoms with Gasteiger partial charge in [-0.25, -0.2) is 9.78 Å². The number of pyridine rings is 1. The van der Waals surface area contributed by atoms with Gasteiger partial charge in [0, 0.05) is 52.7 Å². The molecule has 0 aliphatic carbocycles. The Bertz CT molecular complexity index is 1830. The fraction of sp³-hybridized carbons (Fsp3) is 0.265. The predicted molar refractivity (Wildman–Crippen MR) is 177 cm³/mol. The van der Waals surface area contributed by atoms with Crippen molar-refractivity contribution in [2.24, 2.45) is 5.73 Å². The molecule has 0 bridgehead atoms. The number of ether oxygens (including phenoxy) is 1. The molecule has 0 radical (unpaired) electrons. The minimum Gasteiger partial charge on any atom is -0.493 e. The van der Waals surface area contributed by atoms with Gasteiger partial charge in [-0.05, 0) is 79.2 Å². The van der Waals surface area contributed by atoms with Crippen LogP contribution in [0.1, 0.15) is 80.0 Å². The first-order valence-electron chi connectivity index (χ1n) is 15.0. The number of thiophene rings is 1. The maximum Gasteiger partial charge on any atom is 0.355 e. The van der Waals surface area contributed by atoms with E-state index in [0.29, 0.717) is 42.9 Å². The van der Waals surface area contributed by atoms with Crippen LogP contribution in [0.2, 0.25) is 0 Å². The van der Waals surface area contributed by atoms with Crippen molar-refractivity contribution < 1.29 is 29.0 Å². The van der Waals surface area contributed by atoms with Crippen molar-refractivity contribution in [1.29, 1.82) is 0 Å². The number of hydrogen-bond donors (Lipinski definition) is 5. The first-order chi connectivity index (χ1) is 22.1. The Balaban J connectivity index is 1.67. The molecule has 0 saturated carbocycles. The van der Waals surface area contributed by atoms with Crippen LogP contribution in [0, 0.1) is 0 Å². The van der Waals surface area contributed by atoms with Gasteiger partial charge in [0.15, 0.2) is 5.69 Å². The summed E-state index contributed by atoms with van der Waals surface area (Å²) in [6.45, 7) is 6.57. The van der Waals surface area contributed by atoms with Crippen LogP contribution >= 0.6 is 11.3 Å². The topological polar surface area (TPSA) is 173 Å². The van der Waals surface area contributed by atoms with Gasteiger partial charge in [-0.1, -0.05) is 13.0 Å². The highest BCUT2D eigenvalue weighted by molar-refractivity contribution is 7.13. The number of aromatic nitrogens is 1. The van der Waals surface area contributed by atoms with Gasteiger partial charge in [0.1, 0.15) is 11.4 Å². The second kappa shape index (κ2) is 13.9. The van der Waals surface area contributed by atoms with Crippen molar-refractivity contribution >= 4 is 40.7 Å². The Morgan fingerprint density at radius 2 is 1.78 bits per heavy atom. The summed E-state index contributed by atoms with van der Waals surface area (Å²) in [6, 6.07) is 13.1. The highest BCUT2D eigenvalue weighted by Crippen LogP contribution is 2.43. The number of carboxylic acid groups (broad SMARTS) is 1. The SMILES string of the molecule is CCCNC(=O)c1ccc(-c2cc3c(cc2C(=O)Nc2ccc(CN)cc2C(=O)NC(C)C)-c2sccc2CCO3)c(C(=O)O)n1. The van der Waals surface area contributed by atoms with Crippen molar-refractivity contribution in [2.75, 3.05) is 18.5 Å². The van der Waals surface area contributed by atoms with E-state index in [-0.39, 0.29) is 52.1 Å². The van der Waals surface area contributed by atoms with Crippen LogP contribution in [0.3, 0.4) is 0 Å². The molecule has 1 aliphatic rings. The Kier molecular flexibility index (Phi) is 9.78. The van der Waals surface area contributed by atoms with Crippen molar-refractivity contribution in [1.82, 2.24) is 15.6 Å². The molecule has 0 saturated heterocycles. The lowest BCUT2D eigenvalue weighted by molar-refractivity contribution is 0.0690. The highest BCUT2D eigenvalue weighted by atomic mass is 32.1. The molecule has 2 aromatic heterocycles. The number of nitrogens with one attached hydrogen (secondary N) is 3. The van der Waals surface area contributed by atoms with Crippen LogP contribution < -0.4 is 26.4 Å². The maximum atomic E-state index is 14.2. The summed E-state index contributed by atoms with van der Waals surface area (Å²) in [7, 11) is 0. The van der Waals surface area contributed by atoms with Crippen LogP contribution in [0.25, 0.3) is 21.6 Å². The Morgan fingerprint density at radius 1 is 0.978 bits per heavy atom. The molecule has 46 heavy (non-hydrogen) atoms. The molecule has 5 rings (SSSR count). The van der Waals surface area contributed by atoms with E-state index in [1.165, 1.54) is 23.5 Å². The number of nitrogens with zero attached hydrogens (tertiary/aromatic N) is 1. The van der Waals surface area contributed by atoms with E-state index in [1.807, 2.05) is 32.2 Å². The van der Waals surface area contributed by atoms with Crippen LogP contribution in [0.15, 0.2) is 53.9 Å². The van der Waals surface area contributed by atoms with Gasteiger partial charge in [0.2, 0.25) is 0 Å². The smallest absolute Gasteiger partial charge is 0.355 e. The number of carbonyl (C=O) groups is 4. The van der Waals surface area contributed by atoms with Crippen LogP contribution in [-0.2, 0) is 13.0 Å². The third-order valence-corrected chi connectivity index (χ3v) is 8.36. The van der Waals surface area contributed by atoms with Gasteiger partial charge in [-0.3, -0.25) is 14.4 Å². The molecule has 4 aromatic rings. The second-order valence-electron chi connectivity index (χ2n) is 11.1. The number of hydrogen-bond acceptors (Lipinski definition) is 8. The van der Waals surface area contributed by atoms with Crippen molar-refractivity contribution in [3.05, 3.63) is 87.6 Å². The average Bonchev–Trinajstić information content (AvgIpc) is 3.44. The average molecular weight is 642 g/mol. The second-order valence-corrected chi connectivity index (χ2v) is 12.0. The maximum absolute atomic E-state index is 14.2. The summed E-state index contributed by atoms with van der Waals surface area (Å²) < 4.78 is 6.10. The Labute approximate surface area is 270 Å². The highest BCUT2D eigenvalue weighted by Gasteiger charge is 2.27. The van der Waals surface area contributed by atoms with Crippen molar-refractivity contribution in [3.63, 3.8) is 0 Å².